The topological polar surface area (TPSA) is 98.8 Å². The number of nitrogens with one attached hydrogen (secondary N) is 2. The van der Waals surface area contributed by atoms with E-state index < -0.39 is 9.84 Å². The molecular formula is C14H26N4O4S. The fourth-order valence-electron chi connectivity index (χ4n) is 2.97. The molecule has 2 rings (SSSR count). The molecule has 9 heteroatoms. The van der Waals surface area contributed by atoms with Crippen LogP contribution in [-0.2, 0) is 14.6 Å². The van der Waals surface area contributed by atoms with Gasteiger partial charge in [-0.15, -0.1) is 0 Å². The van der Waals surface area contributed by atoms with Crippen LogP contribution in [0.25, 0.3) is 0 Å². The van der Waals surface area contributed by atoms with Gasteiger partial charge in [0.15, 0.2) is 0 Å². The molecule has 2 fully saturated rings. The van der Waals surface area contributed by atoms with E-state index in [4.69, 9.17) is 0 Å². The summed E-state index contributed by atoms with van der Waals surface area (Å²) in [5.41, 5.74) is 0. The molecular weight excluding hydrogens is 320 g/mol. The summed E-state index contributed by atoms with van der Waals surface area (Å²) >= 11 is 0. The van der Waals surface area contributed by atoms with Crippen molar-refractivity contribution in [1.29, 1.82) is 0 Å². The molecule has 0 saturated carbocycles. The highest BCUT2D eigenvalue weighted by Crippen LogP contribution is 2.11. The Bertz CT molecular complexity index is 543. The first-order valence-corrected chi connectivity index (χ1v) is 10.00. The second-order valence-corrected chi connectivity index (χ2v) is 8.80. The minimum Gasteiger partial charge on any atom is -0.344 e. The Hall–Kier alpha value is -1.35. The van der Waals surface area contributed by atoms with Crippen molar-refractivity contribution < 1.29 is 18.0 Å². The van der Waals surface area contributed by atoms with Crippen molar-refractivity contribution in [3.63, 3.8) is 0 Å². The van der Waals surface area contributed by atoms with Gasteiger partial charge in [0.2, 0.25) is 5.91 Å². The third-order valence-electron chi connectivity index (χ3n) is 4.38. The Kier molecular flexibility index (Phi) is 5.85. The van der Waals surface area contributed by atoms with Crippen molar-refractivity contribution in [2.75, 3.05) is 45.2 Å². The maximum Gasteiger partial charge on any atom is 0.315 e. The van der Waals surface area contributed by atoms with E-state index in [1.807, 2.05) is 0 Å². The lowest BCUT2D eigenvalue weighted by Gasteiger charge is -2.32. The summed E-state index contributed by atoms with van der Waals surface area (Å²) in [6, 6.07) is -0.255. The second-order valence-electron chi connectivity index (χ2n) is 6.54. The predicted octanol–water partition coefficient (Wildman–Crippen LogP) is -0.975. The summed E-state index contributed by atoms with van der Waals surface area (Å²) in [5.74, 6) is 0.226. The Labute approximate surface area is 137 Å². The smallest absolute Gasteiger partial charge is 0.315 e. The summed E-state index contributed by atoms with van der Waals surface area (Å²) in [6.45, 7) is 2.67. The van der Waals surface area contributed by atoms with Gasteiger partial charge >= 0.3 is 6.03 Å². The van der Waals surface area contributed by atoms with Crippen molar-refractivity contribution in [1.82, 2.24) is 20.4 Å². The number of piperidine rings is 1. The SMILES string of the molecule is CN1C[C@@H](NC(=O)NC2CCN(CCS(C)(=O)=O)CC2)CC1=O. The van der Waals surface area contributed by atoms with Crippen LogP contribution in [0.4, 0.5) is 4.79 Å². The van der Waals surface area contributed by atoms with Gasteiger partial charge in [0.05, 0.1) is 11.8 Å². The third-order valence-corrected chi connectivity index (χ3v) is 5.30. The number of carbonyl (C=O) groups is 2. The Morgan fingerprint density at radius 1 is 1.22 bits per heavy atom. The van der Waals surface area contributed by atoms with Crippen LogP contribution >= 0.6 is 0 Å². The first kappa shape index (κ1) is 18.0. The van der Waals surface area contributed by atoms with E-state index in [1.165, 1.54) is 6.26 Å². The van der Waals surface area contributed by atoms with Crippen LogP contribution in [0.1, 0.15) is 19.3 Å². The molecule has 0 aromatic rings. The number of sulfone groups is 1. The number of carbonyl (C=O) groups excluding carboxylic acids is 2. The monoisotopic (exact) mass is 346 g/mol. The number of nitrogens with zero attached hydrogens (tertiary/aromatic N) is 2. The van der Waals surface area contributed by atoms with Crippen molar-refractivity contribution in [3.8, 4) is 0 Å². The quantitative estimate of drug-likeness (QED) is 0.667. The highest BCUT2D eigenvalue weighted by molar-refractivity contribution is 7.90. The van der Waals surface area contributed by atoms with Gasteiger partial charge in [0.1, 0.15) is 9.84 Å². The maximum atomic E-state index is 12.0. The van der Waals surface area contributed by atoms with Gasteiger partial charge in [-0.25, -0.2) is 13.2 Å². The molecule has 0 radical (unpaired) electrons. The zero-order valence-electron chi connectivity index (χ0n) is 13.7. The molecule has 0 spiro atoms. The van der Waals surface area contributed by atoms with Gasteiger partial charge in [-0.3, -0.25) is 4.79 Å². The number of hydrogen-bond donors (Lipinski definition) is 2. The van der Waals surface area contributed by atoms with Crippen LogP contribution in [-0.4, -0.2) is 87.5 Å². The summed E-state index contributed by atoms with van der Waals surface area (Å²) < 4.78 is 22.4. The number of amides is 3. The Morgan fingerprint density at radius 2 is 1.83 bits per heavy atom. The van der Waals surface area contributed by atoms with Crippen LogP contribution in [0, 0.1) is 0 Å². The average Bonchev–Trinajstić information content (AvgIpc) is 2.75. The molecule has 0 aliphatic carbocycles. The molecule has 2 aliphatic rings. The molecule has 0 aromatic heterocycles. The zero-order valence-corrected chi connectivity index (χ0v) is 14.6. The van der Waals surface area contributed by atoms with Gasteiger partial charge in [-0.1, -0.05) is 0 Å². The van der Waals surface area contributed by atoms with Crippen LogP contribution in [0.2, 0.25) is 0 Å². The predicted molar refractivity (Wildman–Crippen MR) is 86.9 cm³/mol. The fourth-order valence-corrected chi connectivity index (χ4v) is 3.56. The van der Waals surface area contributed by atoms with Crippen molar-refractivity contribution in [2.24, 2.45) is 0 Å². The van der Waals surface area contributed by atoms with E-state index in [0.29, 0.717) is 19.5 Å². The molecule has 0 bridgehead atoms. The normalized spacial score (nSPS) is 24.0. The van der Waals surface area contributed by atoms with Crippen LogP contribution in [0.15, 0.2) is 0 Å². The average molecular weight is 346 g/mol. The standard InChI is InChI=1S/C14H26N4O4S/c1-17-10-12(9-13(17)19)16-14(20)15-11-3-5-18(6-4-11)7-8-23(2,21)22/h11-12H,3-10H2,1-2H3,(H2,15,16,20)/t12-/m0/s1. The summed E-state index contributed by atoms with van der Waals surface area (Å²) in [4.78, 5) is 27.1. The van der Waals surface area contributed by atoms with Crippen molar-refractivity contribution in [2.45, 2.75) is 31.3 Å². The van der Waals surface area contributed by atoms with Crippen LogP contribution in [0.5, 0.6) is 0 Å². The van der Waals surface area contributed by atoms with Crippen molar-refractivity contribution in [3.05, 3.63) is 0 Å². The van der Waals surface area contributed by atoms with E-state index in [-0.39, 0.29) is 29.8 Å². The van der Waals surface area contributed by atoms with Crippen molar-refractivity contribution >= 4 is 21.8 Å². The van der Waals surface area contributed by atoms with Gasteiger partial charge in [-0.2, -0.15) is 0 Å². The zero-order chi connectivity index (χ0) is 17.0. The number of likely N-dealkylation sites (tertiary alicyclic amines) is 2. The molecule has 0 aromatic carbocycles. The summed E-state index contributed by atoms with van der Waals surface area (Å²) in [7, 11) is -1.20. The molecule has 8 nitrogen and oxygen atoms in total. The second kappa shape index (κ2) is 7.48. The highest BCUT2D eigenvalue weighted by atomic mass is 32.2. The largest absolute Gasteiger partial charge is 0.344 e. The molecule has 0 unspecified atom stereocenters. The number of rotatable bonds is 5. The first-order chi connectivity index (χ1) is 10.7. The molecule has 2 heterocycles. The first-order valence-electron chi connectivity index (χ1n) is 7.94. The molecule has 3 amide bonds. The number of urea groups is 1. The van der Waals surface area contributed by atoms with E-state index in [2.05, 4.69) is 15.5 Å². The minimum absolute atomic E-state index is 0.0504. The van der Waals surface area contributed by atoms with E-state index in [9.17, 15) is 18.0 Å². The van der Waals surface area contributed by atoms with Gasteiger partial charge in [-0.05, 0) is 12.8 Å². The van der Waals surface area contributed by atoms with E-state index >= 15 is 0 Å². The van der Waals surface area contributed by atoms with Gasteiger partial charge in [0, 0.05) is 51.9 Å². The fraction of sp³-hybridized carbons (Fsp3) is 0.857. The summed E-state index contributed by atoms with van der Waals surface area (Å²) in [6.07, 6.45) is 3.21. The lowest BCUT2D eigenvalue weighted by molar-refractivity contribution is -0.126. The molecule has 2 N–H and O–H groups in total. The Morgan fingerprint density at radius 3 is 2.35 bits per heavy atom. The van der Waals surface area contributed by atoms with E-state index in [0.717, 1.165) is 25.9 Å². The molecule has 1 atom stereocenters. The minimum atomic E-state index is -2.93. The molecule has 23 heavy (non-hydrogen) atoms. The molecule has 2 aliphatic heterocycles. The third kappa shape index (κ3) is 5.98. The molecule has 132 valence electrons. The molecule has 2 saturated heterocycles. The maximum absolute atomic E-state index is 12.0. The van der Waals surface area contributed by atoms with Gasteiger partial charge < -0.3 is 20.4 Å². The van der Waals surface area contributed by atoms with Crippen LogP contribution < -0.4 is 10.6 Å². The summed E-state index contributed by atoms with van der Waals surface area (Å²) in [5, 5.41) is 5.78. The Balaban J connectivity index is 1.66. The number of hydrogen-bond acceptors (Lipinski definition) is 5. The lowest BCUT2D eigenvalue weighted by Crippen LogP contribution is -2.50. The van der Waals surface area contributed by atoms with Gasteiger partial charge in [0.25, 0.3) is 0 Å². The lowest BCUT2D eigenvalue weighted by atomic mass is 10.1. The van der Waals surface area contributed by atoms with Crippen LogP contribution in [0.3, 0.4) is 0 Å². The van der Waals surface area contributed by atoms with E-state index in [1.54, 1.807) is 11.9 Å². The number of likely N-dealkylation sites (N-methyl/N-ethyl adjacent to an activating group) is 1. The highest BCUT2D eigenvalue weighted by Gasteiger charge is 2.28.